The molecule has 2 aromatic rings. The van der Waals surface area contributed by atoms with Crippen LogP contribution in [0.3, 0.4) is 0 Å². The lowest BCUT2D eigenvalue weighted by atomic mass is 9.87. The summed E-state index contributed by atoms with van der Waals surface area (Å²) in [4.78, 5) is 0. The van der Waals surface area contributed by atoms with E-state index in [4.69, 9.17) is 0 Å². The van der Waals surface area contributed by atoms with E-state index < -0.39 is 0 Å². The van der Waals surface area contributed by atoms with E-state index in [0.717, 1.165) is 11.4 Å². The summed E-state index contributed by atoms with van der Waals surface area (Å²) in [6, 6.07) is 16.6. The van der Waals surface area contributed by atoms with Crippen LogP contribution >= 0.6 is 0 Å². The maximum atomic E-state index is 4.37. The largest absolute Gasteiger partial charge is 0.151 e. The Morgan fingerprint density at radius 3 is 1.68 bits per heavy atom. The third-order valence-electron chi connectivity index (χ3n) is 3.73. The Morgan fingerprint density at radius 1 is 0.591 bits per heavy atom. The van der Waals surface area contributed by atoms with Crippen LogP contribution in [0.5, 0.6) is 0 Å². The van der Waals surface area contributed by atoms with Crippen molar-refractivity contribution < 1.29 is 0 Å². The Bertz CT molecular complexity index is 653. The molecule has 0 aliphatic heterocycles. The number of azo groups is 1. The molecule has 2 nitrogen and oxygen atoms in total. The van der Waals surface area contributed by atoms with Crippen molar-refractivity contribution in [2.75, 3.05) is 0 Å². The van der Waals surface area contributed by atoms with Gasteiger partial charge in [0, 0.05) is 0 Å². The van der Waals surface area contributed by atoms with Gasteiger partial charge in [0.05, 0.1) is 11.4 Å². The molecule has 0 bridgehead atoms. The van der Waals surface area contributed by atoms with Crippen LogP contribution in [0.15, 0.2) is 58.8 Å². The van der Waals surface area contributed by atoms with Crippen LogP contribution in [-0.4, -0.2) is 0 Å². The molecule has 0 atom stereocenters. The number of hydrogen-bond donors (Lipinski definition) is 0. The van der Waals surface area contributed by atoms with Crippen molar-refractivity contribution in [1.82, 2.24) is 0 Å². The fourth-order valence-corrected chi connectivity index (χ4v) is 2.18. The van der Waals surface area contributed by atoms with Crippen LogP contribution in [0, 0.1) is 0 Å². The first-order valence-electron chi connectivity index (χ1n) is 7.79. The van der Waals surface area contributed by atoms with Crippen LogP contribution in [0.1, 0.15) is 52.7 Å². The summed E-state index contributed by atoms with van der Waals surface area (Å²) >= 11 is 0. The second-order valence-electron chi connectivity index (χ2n) is 7.80. The van der Waals surface area contributed by atoms with E-state index in [2.05, 4.69) is 76.0 Å². The highest BCUT2D eigenvalue weighted by Gasteiger charge is 2.14. The first-order valence-corrected chi connectivity index (χ1v) is 7.79. The summed E-state index contributed by atoms with van der Waals surface area (Å²) in [6.07, 6.45) is 0. The molecule has 2 aromatic carbocycles. The van der Waals surface area contributed by atoms with E-state index in [0.29, 0.717) is 0 Å². The first-order chi connectivity index (χ1) is 10.2. The van der Waals surface area contributed by atoms with Gasteiger partial charge in [-0.3, -0.25) is 0 Å². The highest BCUT2D eigenvalue weighted by atomic mass is 15.1. The predicted molar refractivity (Wildman–Crippen MR) is 94.5 cm³/mol. The van der Waals surface area contributed by atoms with Crippen molar-refractivity contribution in [1.29, 1.82) is 0 Å². The first kappa shape index (κ1) is 16.4. The highest BCUT2D eigenvalue weighted by Crippen LogP contribution is 2.28. The van der Waals surface area contributed by atoms with E-state index in [1.165, 1.54) is 11.1 Å². The topological polar surface area (TPSA) is 24.7 Å². The molecule has 22 heavy (non-hydrogen) atoms. The van der Waals surface area contributed by atoms with Crippen molar-refractivity contribution >= 4 is 11.4 Å². The molecule has 2 heteroatoms. The minimum atomic E-state index is 0.125. The summed E-state index contributed by atoms with van der Waals surface area (Å²) in [5, 5.41) is 8.72. The molecule has 0 saturated heterocycles. The van der Waals surface area contributed by atoms with Gasteiger partial charge >= 0.3 is 0 Å². The van der Waals surface area contributed by atoms with Gasteiger partial charge in [0.15, 0.2) is 0 Å². The Balaban J connectivity index is 2.19. The molecule has 0 aromatic heterocycles. The normalized spacial score (nSPS) is 12.8. The van der Waals surface area contributed by atoms with Crippen molar-refractivity contribution in [2.45, 2.75) is 52.4 Å². The lowest BCUT2D eigenvalue weighted by Crippen LogP contribution is -2.10. The number of benzene rings is 2. The number of rotatable bonds is 2. The quantitative estimate of drug-likeness (QED) is 0.551. The second kappa shape index (κ2) is 6.04. The Hall–Kier alpha value is -1.96. The van der Waals surface area contributed by atoms with Crippen molar-refractivity contribution in [3.63, 3.8) is 0 Å². The van der Waals surface area contributed by atoms with Crippen LogP contribution in [0.2, 0.25) is 0 Å². The fraction of sp³-hybridized carbons (Fsp3) is 0.400. The van der Waals surface area contributed by atoms with Crippen molar-refractivity contribution in [3.05, 3.63) is 59.7 Å². The molecule has 0 aliphatic rings. The third kappa shape index (κ3) is 4.27. The smallest absolute Gasteiger partial charge is 0.0860 e. The van der Waals surface area contributed by atoms with E-state index in [9.17, 15) is 0 Å². The molecular weight excluding hydrogens is 268 g/mol. The molecular formula is C20H26N2. The molecule has 0 heterocycles. The zero-order chi connectivity index (χ0) is 16.4. The zero-order valence-electron chi connectivity index (χ0n) is 14.5. The molecule has 0 fully saturated rings. The van der Waals surface area contributed by atoms with Gasteiger partial charge in [-0.1, -0.05) is 65.8 Å². The molecule has 0 N–H and O–H groups in total. The van der Waals surface area contributed by atoms with Gasteiger partial charge < -0.3 is 0 Å². The Kier molecular flexibility index (Phi) is 4.50. The van der Waals surface area contributed by atoms with Gasteiger partial charge in [0.2, 0.25) is 0 Å². The molecule has 0 spiro atoms. The average Bonchev–Trinajstić information content (AvgIpc) is 2.44. The van der Waals surface area contributed by atoms with Gasteiger partial charge in [-0.05, 0) is 46.2 Å². The van der Waals surface area contributed by atoms with Crippen LogP contribution in [0.25, 0.3) is 0 Å². The molecule has 0 unspecified atom stereocenters. The number of hydrogen-bond acceptors (Lipinski definition) is 2. The van der Waals surface area contributed by atoms with Crippen LogP contribution in [0.4, 0.5) is 11.4 Å². The molecule has 0 saturated carbocycles. The molecule has 0 radical (unpaired) electrons. The maximum absolute atomic E-state index is 4.37. The molecule has 116 valence electrons. The van der Waals surface area contributed by atoms with Gasteiger partial charge in [-0.2, -0.15) is 10.2 Å². The maximum Gasteiger partial charge on any atom is 0.0860 e. The molecule has 0 aliphatic carbocycles. The molecule has 2 rings (SSSR count). The second-order valence-corrected chi connectivity index (χ2v) is 7.80. The summed E-state index contributed by atoms with van der Waals surface area (Å²) in [5.74, 6) is 0. The standard InChI is InChI=1S/C20H26N2/c1-19(2,3)15-10-12-17(13-11-15)21-22-18-9-7-8-16(14-18)20(4,5)6/h7-14H,1-6H3/b22-21+. The summed E-state index contributed by atoms with van der Waals surface area (Å²) in [6.45, 7) is 13.2. The summed E-state index contributed by atoms with van der Waals surface area (Å²) < 4.78 is 0. The van der Waals surface area contributed by atoms with Crippen molar-refractivity contribution in [3.8, 4) is 0 Å². The van der Waals surface area contributed by atoms with Crippen LogP contribution < -0.4 is 0 Å². The highest BCUT2D eigenvalue weighted by molar-refractivity contribution is 5.44. The zero-order valence-corrected chi connectivity index (χ0v) is 14.5. The lowest BCUT2D eigenvalue weighted by Gasteiger charge is -2.19. The Morgan fingerprint density at radius 2 is 1.14 bits per heavy atom. The van der Waals surface area contributed by atoms with E-state index in [1.807, 2.05) is 24.3 Å². The lowest BCUT2D eigenvalue weighted by molar-refractivity contribution is 0.590. The van der Waals surface area contributed by atoms with Crippen LogP contribution in [-0.2, 0) is 10.8 Å². The minimum absolute atomic E-state index is 0.125. The van der Waals surface area contributed by atoms with Gasteiger partial charge in [-0.25, -0.2) is 0 Å². The van der Waals surface area contributed by atoms with E-state index >= 15 is 0 Å². The van der Waals surface area contributed by atoms with E-state index in [-0.39, 0.29) is 10.8 Å². The molecule has 0 amide bonds. The average molecular weight is 294 g/mol. The van der Waals surface area contributed by atoms with Gasteiger partial charge in [0.1, 0.15) is 0 Å². The number of nitrogens with zero attached hydrogens (tertiary/aromatic N) is 2. The van der Waals surface area contributed by atoms with E-state index in [1.54, 1.807) is 0 Å². The SMILES string of the molecule is CC(C)(C)c1ccc(/N=N/c2cccc(C(C)(C)C)c2)cc1. The third-order valence-corrected chi connectivity index (χ3v) is 3.73. The predicted octanol–water partition coefficient (Wildman–Crippen LogP) is 6.70. The van der Waals surface area contributed by atoms with Gasteiger partial charge in [-0.15, -0.1) is 0 Å². The fourth-order valence-electron chi connectivity index (χ4n) is 2.18. The van der Waals surface area contributed by atoms with Gasteiger partial charge in [0.25, 0.3) is 0 Å². The minimum Gasteiger partial charge on any atom is -0.151 e. The Labute approximate surface area is 134 Å². The summed E-state index contributed by atoms with van der Waals surface area (Å²) in [7, 11) is 0. The monoisotopic (exact) mass is 294 g/mol. The van der Waals surface area contributed by atoms with Crippen molar-refractivity contribution in [2.24, 2.45) is 10.2 Å². The summed E-state index contributed by atoms with van der Waals surface area (Å²) in [5.41, 5.74) is 4.64.